The fourth-order valence-corrected chi connectivity index (χ4v) is 5.36. The highest BCUT2D eigenvalue weighted by Crippen LogP contribution is 2.40. The molecule has 0 saturated carbocycles. The number of carbonyl (C=O) groups excluding carboxylic acids is 3. The molecule has 9 heteroatoms. The molecule has 0 aliphatic heterocycles. The lowest BCUT2D eigenvalue weighted by molar-refractivity contribution is -0.119. The molecule has 0 bridgehead atoms. The number of hydrogen-bond donors (Lipinski definition) is 1. The molecule has 7 nitrogen and oxygen atoms in total. The number of thioether (sulfide) groups is 1. The number of pyridine rings is 1. The molecule has 2 aromatic rings. The zero-order valence-corrected chi connectivity index (χ0v) is 19.7. The van der Waals surface area contributed by atoms with E-state index in [-0.39, 0.29) is 6.10 Å². The van der Waals surface area contributed by atoms with Gasteiger partial charge in [-0.25, -0.2) is 14.6 Å². The lowest BCUT2D eigenvalue weighted by Gasteiger charge is -2.18. The third kappa shape index (κ3) is 5.65. The minimum absolute atomic E-state index is 0.264. The van der Waals surface area contributed by atoms with Crippen LogP contribution < -0.4 is 5.32 Å². The number of rotatable bonds is 7. The second-order valence-corrected chi connectivity index (χ2v) is 9.59. The summed E-state index contributed by atoms with van der Waals surface area (Å²) in [6.07, 6.45) is 5.76. The van der Waals surface area contributed by atoms with Crippen LogP contribution in [0.4, 0.5) is 5.00 Å². The van der Waals surface area contributed by atoms with E-state index in [9.17, 15) is 14.4 Å². The Balaban J connectivity index is 1.73. The molecule has 0 spiro atoms. The van der Waals surface area contributed by atoms with E-state index in [2.05, 4.69) is 17.2 Å². The Bertz CT molecular complexity index is 986. The number of carbonyl (C=O) groups is 3. The van der Waals surface area contributed by atoms with Gasteiger partial charge in [-0.2, -0.15) is 0 Å². The predicted octanol–water partition coefficient (Wildman–Crippen LogP) is 4.35. The number of fused-ring (bicyclic) bond motifs is 1. The first kappa shape index (κ1) is 23.3. The van der Waals surface area contributed by atoms with Crippen molar-refractivity contribution < 1.29 is 23.9 Å². The number of anilines is 1. The molecule has 0 aromatic carbocycles. The maximum absolute atomic E-state index is 12.7. The second-order valence-electron chi connectivity index (χ2n) is 7.69. The highest BCUT2D eigenvalue weighted by Gasteiger charge is 2.29. The van der Waals surface area contributed by atoms with Crippen molar-refractivity contribution in [1.82, 2.24) is 4.98 Å². The van der Waals surface area contributed by atoms with Crippen LogP contribution in [-0.4, -0.2) is 41.8 Å². The fraction of sp³-hybridized carbons (Fsp3) is 0.455. The molecule has 1 amide bonds. The third-order valence-corrected chi connectivity index (χ3v) is 6.71. The molecule has 0 radical (unpaired) electrons. The van der Waals surface area contributed by atoms with Gasteiger partial charge in [0.25, 0.3) is 5.91 Å². The van der Waals surface area contributed by atoms with Gasteiger partial charge in [0, 0.05) is 11.1 Å². The molecular weight excluding hydrogens is 436 g/mol. The summed E-state index contributed by atoms with van der Waals surface area (Å²) >= 11 is 2.72. The smallest absolute Gasteiger partial charge is 0.341 e. The van der Waals surface area contributed by atoms with Gasteiger partial charge in [-0.3, -0.25) is 4.79 Å². The molecule has 1 N–H and O–H groups in total. The van der Waals surface area contributed by atoms with Gasteiger partial charge < -0.3 is 14.8 Å². The van der Waals surface area contributed by atoms with Gasteiger partial charge in [0.05, 0.1) is 17.2 Å². The summed E-state index contributed by atoms with van der Waals surface area (Å²) in [4.78, 5) is 42.8. The number of thiophene rings is 1. The Labute approximate surface area is 189 Å². The van der Waals surface area contributed by atoms with Crippen LogP contribution in [0.3, 0.4) is 0 Å². The first-order valence-electron chi connectivity index (χ1n) is 10.1. The van der Waals surface area contributed by atoms with Gasteiger partial charge in [-0.05, 0) is 63.0 Å². The SMILES string of the molecule is CSc1ncccc1C(=O)OCC(=O)Nc1sc2c(c1C(=O)OC(C)C)CCC(C)C2. The number of amides is 1. The predicted molar refractivity (Wildman–Crippen MR) is 121 cm³/mol. The summed E-state index contributed by atoms with van der Waals surface area (Å²) < 4.78 is 10.6. The Morgan fingerprint density at radius 2 is 2.10 bits per heavy atom. The number of ether oxygens (including phenoxy) is 2. The molecule has 1 aliphatic carbocycles. The number of hydrogen-bond acceptors (Lipinski definition) is 8. The van der Waals surface area contributed by atoms with Gasteiger partial charge >= 0.3 is 11.9 Å². The van der Waals surface area contributed by atoms with Gasteiger partial charge in [0.15, 0.2) is 6.61 Å². The highest BCUT2D eigenvalue weighted by molar-refractivity contribution is 7.98. The van der Waals surface area contributed by atoms with Crippen molar-refractivity contribution in [3.8, 4) is 0 Å². The molecule has 2 heterocycles. The van der Waals surface area contributed by atoms with E-state index in [0.717, 1.165) is 29.7 Å². The third-order valence-electron chi connectivity index (χ3n) is 4.83. The normalized spacial score (nSPS) is 15.3. The van der Waals surface area contributed by atoms with Crippen LogP contribution in [0, 0.1) is 5.92 Å². The summed E-state index contributed by atoms with van der Waals surface area (Å²) in [5.41, 5.74) is 1.70. The number of nitrogens with one attached hydrogen (secondary N) is 1. The molecular formula is C22H26N2O5S2. The topological polar surface area (TPSA) is 94.6 Å². The Morgan fingerprint density at radius 3 is 2.81 bits per heavy atom. The van der Waals surface area contributed by atoms with E-state index in [1.54, 1.807) is 32.2 Å². The molecule has 1 aliphatic rings. The number of nitrogens with zero attached hydrogens (tertiary/aromatic N) is 1. The summed E-state index contributed by atoms with van der Waals surface area (Å²) in [5, 5.41) is 3.74. The van der Waals surface area contributed by atoms with Gasteiger partial charge in [0.1, 0.15) is 10.0 Å². The molecule has 1 atom stereocenters. The van der Waals surface area contributed by atoms with Crippen molar-refractivity contribution in [3.63, 3.8) is 0 Å². The monoisotopic (exact) mass is 462 g/mol. The van der Waals surface area contributed by atoms with E-state index < -0.39 is 24.5 Å². The van der Waals surface area contributed by atoms with E-state index in [1.807, 2.05) is 6.26 Å². The minimum atomic E-state index is -0.619. The highest BCUT2D eigenvalue weighted by atomic mass is 32.2. The van der Waals surface area contributed by atoms with Gasteiger partial charge in [-0.1, -0.05) is 6.92 Å². The van der Waals surface area contributed by atoms with Crippen LogP contribution in [0.5, 0.6) is 0 Å². The molecule has 0 saturated heterocycles. The van der Waals surface area contributed by atoms with Crippen LogP contribution in [0.15, 0.2) is 23.4 Å². The van der Waals surface area contributed by atoms with Crippen LogP contribution in [0.1, 0.15) is 58.3 Å². The average molecular weight is 463 g/mol. The van der Waals surface area contributed by atoms with Crippen molar-refractivity contribution >= 4 is 45.9 Å². The maximum Gasteiger partial charge on any atom is 0.341 e. The molecule has 0 fully saturated rings. The fourth-order valence-electron chi connectivity index (χ4n) is 3.41. The largest absolute Gasteiger partial charge is 0.459 e. The summed E-state index contributed by atoms with van der Waals surface area (Å²) in [5.74, 6) is -1.04. The number of esters is 2. The quantitative estimate of drug-likeness (QED) is 0.483. The molecule has 31 heavy (non-hydrogen) atoms. The summed E-state index contributed by atoms with van der Waals surface area (Å²) in [7, 11) is 0. The summed E-state index contributed by atoms with van der Waals surface area (Å²) in [6, 6.07) is 3.24. The van der Waals surface area contributed by atoms with Gasteiger partial charge in [-0.15, -0.1) is 23.1 Å². The zero-order chi connectivity index (χ0) is 22.5. The minimum Gasteiger partial charge on any atom is -0.459 e. The lowest BCUT2D eigenvalue weighted by Crippen LogP contribution is -2.22. The van der Waals surface area contributed by atoms with Crippen LogP contribution in [0.2, 0.25) is 0 Å². The summed E-state index contributed by atoms with van der Waals surface area (Å²) in [6.45, 7) is 5.29. The second kappa shape index (κ2) is 10.3. The van der Waals surface area contributed by atoms with Crippen LogP contribution in [-0.2, 0) is 27.1 Å². The maximum atomic E-state index is 12.7. The molecule has 2 aromatic heterocycles. The van der Waals surface area contributed by atoms with Crippen molar-refractivity contribution in [3.05, 3.63) is 39.9 Å². The Morgan fingerprint density at radius 1 is 1.32 bits per heavy atom. The van der Waals surface area contributed by atoms with E-state index in [0.29, 0.717) is 27.1 Å². The van der Waals surface area contributed by atoms with Crippen LogP contribution in [0.25, 0.3) is 0 Å². The standard InChI is InChI=1S/C22H26N2O5S2/c1-12(2)29-22(27)18-14-8-7-13(3)10-16(14)31-20(18)24-17(25)11-28-21(26)15-6-5-9-23-19(15)30-4/h5-6,9,12-13H,7-8,10-11H2,1-4H3,(H,24,25). The van der Waals surface area contributed by atoms with Gasteiger partial charge in [0.2, 0.25) is 0 Å². The van der Waals surface area contributed by atoms with Crippen molar-refractivity contribution in [2.45, 2.75) is 51.2 Å². The van der Waals surface area contributed by atoms with Crippen LogP contribution >= 0.6 is 23.1 Å². The Kier molecular flexibility index (Phi) is 7.72. The lowest BCUT2D eigenvalue weighted by atomic mass is 9.88. The first-order valence-corrected chi connectivity index (χ1v) is 12.2. The van der Waals surface area contributed by atoms with Crippen molar-refractivity contribution in [2.75, 3.05) is 18.2 Å². The number of aromatic nitrogens is 1. The first-order chi connectivity index (χ1) is 14.8. The molecule has 166 valence electrons. The van der Waals surface area contributed by atoms with E-state index in [4.69, 9.17) is 9.47 Å². The Hall–Kier alpha value is -2.39. The van der Waals surface area contributed by atoms with Crippen molar-refractivity contribution in [2.24, 2.45) is 5.92 Å². The molecule has 3 rings (SSSR count). The van der Waals surface area contributed by atoms with E-state index in [1.165, 1.54) is 23.1 Å². The van der Waals surface area contributed by atoms with E-state index >= 15 is 0 Å². The average Bonchev–Trinajstić information content (AvgIpc) is 3.08. The zero-order valence-electron chi connectivity index (χ0n) is 18.0. The van der Waals surface area contributed by atoms with Crippen molar-refractivity contribution in [1.29, 1.82) is 0 Å². The molecule has 1 unspecified atom stereocenters.